The Balaban J connectivity index is 2.36. The maximum atomic E-state index is 10.8. The van der Waals surface area contributed by atoms with Crippen molar-refractivity contribution in [1.29, 1.82) is 0 Å². The Kier molecular flexibility index (Phi) is 3.69. The lowest BCUT2D eigenvalue weighted by molar-refractivity contribution is -0.142. The Bertz CT molecular complexity index is 184. The Labute approximate surface area is 78.2 Å². The first-order chi connectivity index (χ1) is 6.15. The molecule has 0 amide bonds. The highest BCUT2D eigenvalue weighted by Gasteiger charge is 2.33. The van der Waals surface area contributed by atoms with Crippen LogP contribution in [-0.4, -0.2) is 47.3 Å². The molecule has 2 N–H and O–H groups in total. The Hall–Kier alpha value is -0.610. The van der Waals surface area contributed by atoms with E-state index in [2.05, 4.69) is 4.90 Å². The summed E-state index contributed by atoms with van der Waals surface area (Å²) in [6.45, 7) is 4.44. The lowest BCUT2D eigenvalue weighted by atomic mass is 9.99. The van der Waals surface area contributed by atoms with Gasteiger partial charge in [-0.1, -0.05) is 6.92 Å². The molecule has 0 saturated carbocycles. The van der Waals surface area contributed by atoms with E-state index in [4.69, 9.17) is 10.2 Å². The molecule has 1 fully saturated rings. The second-order valence-corrected chi connectivity index (χ2v) is 3.76. The number of carboxylic acid groups (broad SMARTS) is 1. The number of carbonyl (C=O) groups is 1. The van der Waals surface area contributed by atoms with Gasteiger partial charge in [0, 0.05) is 26.2 Å². The zero-order valence-corrected chi connectivity index (χ0v) is 7.94. The van der Waals surface area contributed by atoms with Crippen molar-refractivity contribution in [2.75, 3.05) is 26.2 Å². The summed E-state index contributed by atoms with van der Waals surface area (Å²) >= 11 is 0. The largest absolute Gasteiger partial charge is 0.481 e. The molecule has 0 aliphatic carbocycles. The van der Waals surface area contributed by atoms with Crippen LogP contribution < -0.4 is 0 Å². The third kappa shape index (κ3) is 2.67. The molecule has 1 rings (SSSR count). The van der Waals surface area contributed by atoms with E-state index >= 15 is 0 Å². The van der Waals surface area contributed by atoms with E-state index in [0.29, 0.717) is 6.54 Å². The fourth-order valence-corrected chi connectivity index (χ4v) is 1.87. The number of aliphatic hydroxyl groups excluding tert-OH is 1. The highest BCUT2D eigenvalue weighted by atomic mass is 16.4. The van der Waals surface area contributed by atoms with Gasteiger partial charge in [0.25, 0.3) is 0 Å². The van der Waals surface area contributed by atoms with E-state index in [-0.39, 0.29) is 18.4 Å². The molecule has 13 heavy (non-hydrogen) atoms. The first kappa shape index (κ1) is 10.5. The summed E-state index contributed by atoms with van der Waals surface area (Å²) in [6, 6.07) is 0. The molecule has 4 heteroatoms. The van der Waals surface area contributed by atoms with Gasteiger partial charge in [0.05, 0.1) is 5.92 Å². The predicted molar refractivity (Wildman–Crippen MR) is 48.4 cm³/mol. The van der Waals surface area contributed by atoms with E-state index in [1.165, 1.54) is 0 Å². The second-order valence-electron chi connectivity index (χ2n) is 3.76. The Morgan fingerprint density at radius 3 is 2.69 bits per heavy atom. The van der Waals surface area contributed by atoms with Gasteiger partial charge in [-0.05, 0) is 12.3 Å². The topological polar surface area (TPSA) is 60.8 Å². The number of aliphatic carboxylic acids is 1. The minimum atomic E-state index is -0.695. The van der Waals surface area contributed by atoms with Crippen molar-refractivity contribution in [2.45, 2.75) is 13.3 Å². The van der Waals surface area contributed by atoms with E-state index in [1.807, 2.05) is 6.92 Å². The second kappa shape index (κ2) is 4.58. The molecule has 0 aromatic heterocycles. The average molecular weight is 187 g/mol. The van der Waals surface area contributed by atoms with Crippen LogP contribution in [0.15, 0.2) is 0 Å². The summed E-state index contributed by atoms with van der Waals surface area (Å²) in [4.78, 5) is 12.9. The van der Waals surface area contributed by atoms with E-state index in [9.17, 15) is 4.79 Å². The van der Waals surface area contributed by atoms with Crippen molar-refractivity contribution in [1.82, 2.24) is 4.90 Å². The third-order valence-electron chi connectivity index (χ3n) is 2.64. The van der Waals surface area contributed by atoms with Gasteiger partial charge in [-0.25, -0.2) is 0 Å². The molecule has 0 aromatic rings. The molecule has 0 spiro atoms. The predicted octanol–water partition coefficient (Wildman–Crippen LogP) is 0.0213. The first-order valence-corrected chi connectivity index (χ1v) is 4.71. The fourth-order valence-electron chi connectivity index (χ4n) is 1.87. The molecule has 2 atom stereocenters. The highest BCUT2D eigenvalue weighted by molar-refractivity contribution is 5.71. The first-order valence-electron chi connectivity index (χ1n) is 4.71. The third-order valence-corrected chi connectivity index (χ3v) is 2.64. The standard InChI is InChI=1S/C9H17NO3/c1-7-5-10(3-2-4-11)6-8(7)9(12)13/h7-8,11H,2-6H2,1H3,(H,12,13). The van der Waals surface area contributed by atoms with Crippen LogP contribution in [0.2, 0.25) is 0 Å². The summed E-state index contributed by atoms with van der Waals surface area (Å²) in [7, 11) is 0. The van der Waals surface area contributed by atoms with Gasteiger partial charge in [0.15, 0.2) is 0 Å². The molecule has 1 aliphatic rings. The lowest BCUT2D eigenvalue weighted by Crippen LogP contribution is -2.24. The van der Waals surface area contributed by atoms with Crippen molar-refractivity contribution >= 4 is 5.97 Å². The van der Waals surface area contributed by atoms with Crippen LogP contribution in [0.3, 0.4) is 0 Å². The van der Waals surface area contributed by atoms with Gasteiger partial charge in [-0.2, -0.15) is 0 Å². The molecule has 1 heterocycles. The number of likely N-dealkylation sites (tertiary alicyclic amines) is 1. The lowest BCUT2D eigenvalue weighted by Gasteiger charge is -2.13. The van der Waals surface area contributed by atoms with E-state index in [0.717, 1.165) is 19.5 Å². The van der Waals surface area contributed by atoms with Crippen molar-refractivity contribution in [2.24, 2.45) is 11.8 Å². The molecule has 2 unspecified atom stereocenters. The SMILES string of the molecule is CC1CN(CCCO)CC1C(=O)O. The van der Waals surface area contributed by atoms with Crippen molar-refractivity contribution in [3.05, 3.63) is 0 Å². The quantitative estimate of drug-likeness (QED) is 0.651. The van der Waals surface area contributed by atoms with Gasteiger partial charge in [0.1, 0.15) is 0 Å². The molecule has 0 aromatic carbocycles. The smallest absolute Gasteiger partial charge is 0.308 e. The van der Waals surface area contributed by atoms with Crippen LogP contribution in [0.5, 0.6) is 0 Å². The molecular formula is C9H17NO3. The summed E-state index contributed by atoms with van der Waals surface area (Å²) in [5.41, 5.74) is 0. The minimum Gasteiger partial charge on any atom is -0.481 e. The van der Waals surface area contributed by atoms with E-state index in [1.54, 1.807) is 0 Å². The van der Waals surface area contributed by atoms with Gasteiger partial charge in [-0.3, -0.25) is 4.79 Å². The van der Waals surface area contributed by atoms with Crippen LogP contribution in [0.4, 0.5) is 0 Å². The summed E-state index contributed by atoms with van der Waals surface area (Å²) in [5.74, 6) is -0.686. The Morgan fingerprint density at radius 1 is 1.54 bits per heavy atom. The zero-order chi connectivity index (χ0) is 9.84. The van der Waals surface area contributed by atoms with Gasteiger partial charge >= 0.3 is 5.97 Å². The van der Waals surface area contributed by atoms with Crippen LogP contribution in [0, 0.1) is 11.8 Å². The van der Waals surface area contributed by atoms with Crippen LogP contribution in [-0.2, 0) is 4.79 Å². The monoisotopic (exact) mass is 187 g/mol. The number of hydrogen-bond donors (Lipinski definition) is 2. The summed E-state index contributed by atoms with van der Waals surface area (Å²) < 4.78 is 0. The maximum absolute atomic E-state index is 10.8. The van der Waals surface area contributed by atoms with E-state index < -0.39 is 5.97 Å². The number of hydrogen-bond acceptors (Lipinski definition) is 3. The van der Waals surface area contributed by atoms with Crippen LogP contribution >= 0.6 is 0 Å². The van der Waals surface area contributed by atoms with Crippen molar-refractivity contribution < 1.29 is 15.0 Å². The zero-order valence-electron chi connectivity index (χ0n) is 7.94. The number of carboxylic acids is 1. The van der Waals surface area contributed by atoms with Gasteiger partial charge < -0.3 is 15.1 Å². The number of rotatable bonds is 4. The van der Waals surface area contributed by atoms with Crippen molar-refractivity contribution in [3.8, 4) is 0 Å². The average Bonchev–Trinajstić information content (AvgIpc) is 2.43. The fraction of sp³-hybridized carbons (Fsp3) is 0.889. The summed E-state index contributed by atoms with van der Waals surface area (Å²) in [5, 5.41) is 17.5. The molecule has 0 radical (unpaired) electrons. The molecular weight excluding hydrogens is 170 g/mol. The molecule has 4 nitrogen and oxygen atoms in total. The highest BCUT2D eigenvalue weighted by Crippen LogP contribution is 2.22. The van der Waals surface area contributed by atoms with Gasteiger partial charge in [-0.15, -0.1) is 0 Å². The van der Waals surface area contributed by atoms with Gasteiger partial charge in [0.2, 0.25) is 0 Å². The molecule has 0 bridgehead atoms. The maximum Gasteiger partial charge on any atom is 0.308 e. The normalized spacial score (nSPS) is 29.4. The minimum absolute atomic E-state index is 0.183. The Morgan fingerprint density at radius 2 is 2.23 bits per heavy atom. The number of nitrogens with zero attached hydrogens (tertiary/aromatic N) is 1. The van der Waals surface area contributed by atoms with Crippen LogP contribution in [0.25, 0.3) is 0 Å². The summed E-state index contributed by atoms with van der Waals surface area (Å²) in [6.07, 6.45) is 0.735. The molecule has 1 aliphatic heterocycles. The van der Waals surface area contributed by atoms with Crippen molar-refractivity contribution in [3.63, 3.8) is 0 Å². The van der Waals surface area contributed by atoms with Crippen LogP contribution in [0.1, 0.15) is 13.3 Å². The number of aliphatic hydroxyl groups is 1. The molecule has 76 valence electrons. The molecule has 1 saturated heterocycles.